The van der Waals surface area contributed by atoms with E-state index in [-0.39, 0.29) is 24.7 Å². The molecule has 0 bridgehead atoms. The molecule has 0 radical (unpaired) electrons. The van der Waals surface area contributed by atoms with Crippen LogP contribution < -0.4 is 9.64 Å². The molecular formula is C17H16F3N3O2. The highest BCUT2D eigenvalue weighted by Crippen LogP contribution is 2.40. The quantitative estimate of drug-likeness (QED) is 0.793. The maximum atomic E-state index is 13.2. The van der Waals surface area contributed by atoms with Gasteiger partial charge in [-0.15, -0.1) is 0 Å². The third-order valence-corrected chi connectivity index (χ3v) is 4.60. The molecule has 2 atom stereocenters. The molecule has 1 amide bonds. The monoisotopic (exact) mass is 351 g/mol. The first-order valence-corrected chi connectivity index (χ1v) is 8.03. The SMILES string of the molecule is Cc1cc2n(n1)[C@@H](C(F)(F)F)CCN2C(=O)[C@H]1Cc2ccccc2O1. The molecule has 0 fully saturated rings. The molecule has 2 aliphatic heterocycles. The van der Waals surface area contributed by atoms with Gasteiger partial charge in [-0.1, -0.05) is 18.2 Å². The van der Waals surface area contributed by atoms with Gasteiger partial charge in [0.05, 0.1) is 5.69 Å². The average Bonchev–Trinajstić information content (AvgIpc) is 3.14. The van der Waals surface area contributed by atoms with E-state index in [9.17, 15) is 18.0 Å². The van der Waals surface area contributed by atoms with Crippen LogP contribution in [-0.4, -0.2) is 34.5 Å². The number of halogens is 3. The smallest absolute Gasteiger partial charge is 0.410 e. The molecule has 4 rings (SSSR count). The number of fused-ring (bicyclic) bond motifs is 2. The van der Waals surface area contributed by atoms with Crippen LogP contribution in [0.25, 0.3) is 0 Å². The number of para-hydroxylation sites is 1. The van der Waals surface area contributed by atoms with Crippen molar-refractivity contribution in [1.82, 2.24) is 9.78 Å². The predicted octanol–water partition coefficient (Wildman–Crippen LogP) is 3.04. The number of ether oxygens (including phenoxy) is 1. The number of anilines is 1. The Morgan fingerprint density at radius 3 is 2.80 bits per heavy atom. The van der Waals surface area contributed by atoms with Crippen LogP contribution in [0, 0.1) is 6.92 Å². The zero-order valence-corrected chi connectivity index (χ0v) is 13.5. The zero-order chi connectivity index (χ0) is 17.8. The molecule has 3 heterocycles. The van der Waals surface area contributed by atoms with Crippen LogP contribution in [0.15, 0.2) is 30.3 Å². The van der Waals surface area contributed by atoms with Gasteiger partial charge in [-0.25, -0.2) is 4.68 Å². The number of aromatic nitrogens is 2. The largest absolute Gasteiger partial charge is 0.480 e. The second kappa shape index (κ2) is 5.50. The lowest BCUT2D eigenvalue weighted by atomic mass is 10.1. The van der Waals surface area contributed by atoms with Gasteiger partial charge in [0.15, 0.2) is 12.1 Å². The van der Waals surface area contributed by atoms with Gasteiger partial charge >= 0.3 is 6.18 Å². The Kier molecular flexibility index (Phi) is 3.52. The number of alkyl halides is 3. The number of hydrogen-bond donors (Lipinski definition) is 0. The normalized spacial score (nSPS) is 22.3. The number of aryl methyl sites for hydroxylation is 1. The van der Waals surface area contributed by atoms with Gasteiger partial charge in [0.1, 0.15) is 11.6 Å². The summed E-state index contributed by atoms with van der Waals surface area (Å²) in [6.07, 6.45) is -4.92. The third-order valence-electron chi connectivity index (χ3n) is 4.60. The average molecular weight is 351 g/mol. The Hall–Kier alpha value is -2.51. The Morgan fingerprint density at radius 2 is 2.08 bits per heavy atom. The summed E-state index contributed by atoms with van der Waals surface area (Å²) in [6.45, 7) is 1.60. The van der Waals surface area contributed by atoms with E-state index >= 15 is 0 Å². The summed E-state index contributed by atoms with van der Waals surface area (Å²) in [4.78, 5) is 14.2. The summed E-state index contributed by atoms with van der Waals surface area (Å²) in [7, 11) is 0. The van der Waals surface area contributed by atoms with Crippen LogP contribution in [0.5, 0.6) is 5.75 Å². The number of rotatable bonds is 1. The Bertz CT molecular complexity index is 806. The zero-order valence-electron chi connectivity index (χ0n) is 13.5. The standard InChI is InChI=1S/C17H16F3N3O2/c1-10-8-15-22(7-6-14(17(18,19)20)23(15)21-10)16(24)13-9-11-4-2-3-5-12(11)25-13/h2-5,8,13-14H,6-7,9H2,1H3/t13-,14-/m1/s1. The maximum absolute atomic E-state index is 13.2. The number of carbonyl (C=O) groups excluding carboxylic acids is 1. The highest BCUT2D eigenvalue weighted by atomic mass is 19.4. The minimum atomic E-state index is -4.40. The molecule has 1 aromatic heterocycles. The summed E-state index contributed by atoms with van der Waals surface area (Å²) < 4.78 is 46.4. The highest BCUT2D eigenvalue weighted by molar-refractivity contribution is 5.97. The van der Waals surface area contributed by atoms with Gasteiger partial charge in [0.2, 0.25) is 0 Å². The van der Waals surface area contributed by atoms with Crippen molar-refractivity contribution in [2.24, 2.45) is 0 Å². The van der Waals surface area contributed by atoms with Crippen LogP contribution in [0.3, 0.4) is 0 Å². The first kappa shape index (κ1) is 16.0. The molecular weight excluding hydrogens is 335 g/mol. The minimum Gasteiger partial charge on any atom is -0.480 e. The van der Waals surface area contributed by atoms with E-state index in [2.05, 4.69) is 5.10 Å². The van der Waals surface area contributed by atoms with E-state index in [0.717, 1.165) is 10.2 Å². The second-order valence-corrected chi connectivity index (χ2v) is 6.34. The van der Waals surface area contributed by atoms with Crippen LogP contribution in [0.4, 0.5) is 19.0 Å². The molecule has 5 nitrogen and oxygen atoms in total. The first-order chi connectivity index (χ1) is 11.8. The molecule has 0 unspecified atom stereocenters. The number of hydrogen-bond acceptors (Lipinski definition) is 3. The number of nitrogens with zero attached hydrogens (tertiary/aromatic N) is 3. The Labute approximate surface area is 142 Å². The Balaban J connectivity index is 1.62. The molecule has 1 aromatic carbocycles. The fourth-order valence-corrected chi connectivity index (χ4v) is 3.44. The molecule has 0 saturated carbocycles. The topological polar surface area (TPSA) is 47.4 Å². The van der Waals surface area contributed by atoms with Crippen molar-refractivity contribution in [3.8, 4) is 5.75 Å². The second-order valence-electron chi connectivity index (χ2n) is 6.34. The summed E-state index contributed by atoms with van der Waals surface area (Å²) >= 11 is 0. The molecule has 132 valence electrons. The lowest BCUT2D eigenvalue weighted by Gasteiger charge is -2.34. The number of amides is 1. The molecule has 2 aliphatic rings. The molecule has 0 aliphatic carbocycles. The van der Waals surface area contributed by atoms with Crippen molar-refractivity contribution in [2.45, 2.75) is 38.1 Å². The van der Waals surface area contributed by atoms with E-state index in [4.69, 9.17) is 4.74 Å². The fourth-order valence-electron chi connectivity index (χ4n) is 3.44. The van der Waals surface area contributed by atoms with Crippen molar-refractivity contribution in [2.75, 3.05) is 11.4 Å². The van der Waals surface area contributed by atoms with Crippen LogP contribution in [-0.2, 0) is 11.2 Å². The summed E-state index contributed by atoms with van der Waals surface area (Å²) in [6, 6.07) is 7.15. The summed E-state index contributed by atoms with van der Waals surface area (Å²) in [5.74, 6) is 0.490. The van der Waals surface area contributed by atoms with Gasteiger partial charge in [0, 0.05) is 19.0 Å². The lowest BCUT2D eigenvalue weighted by molar-refractivity contribution is -0.173. The van der Waals surface area contributed by atoms with Crippen molar-refractivity contribution in [1.29, 1.82) is 0 Å². The van der Waals surface area contributed by atoms with Gasteiger partial charge in [-0.2, -0.15) is 18.3 Å². The van der Waals surface area contributed by atoms with E-state index in [0.29, 0.717) is 17.9 Å². The van der Waals surface area contributed by atoms with Crippen molar-refractivity contribution < 1.29 is 22.7 Å². The van der Waals surface area contributed by atoms with Crippen LogP contribution in [0.1, 0.15) is 23.7 Å². The maximum Gasteiger partial charge on any atom is 0.410 e. The Morgan fingerprint density at radius 1 is 1.32 bits per heavy atom. The summed E-state index contributed by atoms with van der Waals surface area (Å²) in [5, 5.41) is 3.96. The number of benzene rings is 1. The summed E-state index contributed by atoms with van der Waals surface area (Å²) in [5.41, 5.74) is 1.37. The van der Waals surface area contributed by atoms with Gasteiger partial charge < -0.3 is 4.74 Å². The lowest BCUT2D eigenvalue weighted by Crippen LogP contribution is -2.48. The number of carbonyl (C=O) groups is 1. The van der Waals surface area contributed by atoms with Crippen molar-refractivity contribution >= 4 is 11.7 Å². The fraction of sp³-hybridized carbons (Fsp3) is 0.412. The third kappa shape index (κ3) is 2.65. The molecule has 0 N–H and O–H groups in total. The van der Waals surface area contributed by atoms with E-state index in [1.54, 1.807) is 13.0 Å². The van der Waals surface area contributed by atoms with Crippen LogP contribution in [0.2, 0.25) is 0 Å². The molecule has 8 heteroatoms. The minimum absolute atomic E-state index is 0.00957. The van der Waals surface area contributed by atoms with Crippen LogP contribution >= 0.6 is 0 Å². The highest BCUT2D eigenvalue weighted by Gasteiger charge is 2.47. The van der Waals surface area contributed by atoms with Gasteiger partial charge in [-0.3, -0.25) is 9.69 Å². The molecule has 0 spiro atoms. The molecule has 25 heavy (non-hydrogen) atoms. The van der Waals surface area contributed by atoms with Crippen molar-refractivity contribution in [3.05, 3.63) is 41.6 Å². The van der Waals surface area contributed by atoms with E-state index in [1.165, 1.54) is 11.0 Å². The molecule has 0 saturated heterocycles. The first-order valence-electron chi connectivity index (χ1n) is 8.03. The van der Waals surface area contributed by atoms with Crippen molar-refractivity contribution in [3.63, 3.8) is 0 Å². The predicted molar refractivity (Wildman–Crippen MR) is 83.6 cm³/mol. The van der Waals surface area contributed by atoms with Gasteiger partial charge in [-0.05, 0) is 25.0 Å². The van der Waals surface area contributed by atoms with E-state index in [1.807, 2.05) is 18.2 Å². The van der Waals surface area contributed by atoms with E-state index < -0.39 is 18.3 Å². The molecule has 2 aromatic rings. The van der Waals surface area contributed by atoms with Gasteiger partial charge in [0.25, 0.3) is 5.91 Å².